The van der Waals surface area contributed by atoms with Crippen LogP contribution in [0.25, 0.3) is 10.9 Å². The number of aryl methyl sites for hydroxylation is 1. The number of hydrogen-bond donors (Lipinski definition) is 1. The van der Waals surface area contributed by atoms with Crippen molar-refractivity contribution >= 4 is 16.9 Å². The Hall–Kier alpha value is -1.81. The average Bonchev–Trinajstić information content (AvgIpc) is 2.64. The SMILES string of the molecule is Cn1c2c(c3ccccc31)CCO[C@@]2(C)CC(=O)O. The molecule has 19 heavy (non-hydrogen) atoms. The van der Waals surface area contributed by atoms with Crippen LogP contribution in [0.1, 0.15) is 24.6 Å². The molecule has 4 nitrogen and oxygen atoms in total. The number of benzene rings is 1. The van der Waals surface area contributed by atoms with E-state index in [0.29, 0.717) is 6.61 Å². The zero-order chi connectivity index (χ0) is 13.6. The number of fused-ring (bicyclic) bond motifs is 3. The molecule has 0 bridgehead atoms. The molecule has 100 valence electrons. The molecule has 3 rings (SSSR count). The minimum atomic E-state index is -0.833. The van der Waals surface area contributed by atoms with Crippen LogP contribution in [0.3, 0.4) is 0 Å². The first-order valence-electron chi connectivity index (χ1n) is 6.45. The number of para-hydroxylation sites is 1. The van der Waals surface area contributed by atoms with Crippen LogP contribution in [0.5, 0.6) is 0 Å². The summed E-state index contributed by atoms with van der Waals surface area (Å²) in [6, 6.07) is 8.19. The minimum Gasteiger partial charge on any atom is -0.481 e. The van der Waals surface area contributed by atoms with Crippen molar-refractivity contribution in [2.75, 3.05) is 6.61 Å². The average molecular weight is 259 g/mol. The molecular weight excluding hydrogens is 242 g/mol. The third-order valence-corrected chi connectivity index (χ3v) is 3.97. The zero-order valence-corrected chi connectivity index (χ0v) is 11.1. The van der Waals surface area contributed by atoms with Crippen molar-refractivity contribution in [2.24, 2.45) is 7.05 Å². The fraction of sp³-hybridized carbons (Fsp3) is 0.400. The Morgan fingerprint density at radius 1 is 1.47 bits per heavy atom. The van der Waals surface area contributed by atoms with Gasteiger partial charge < -0.3 is 14.4 Å². The van der Waals surface area contributed by atoms with Crippen LogP contribution < -0.4 is 0 Å². The summed E-state index contributed by atoms with van der Waals surface area (Å²) in [7, 11) is 1.98. The van der Waals surface area contributed by atoms with Gasteiger partial charge in [-0.1, -0.05) is 18.2 Å². The largest absolute Gasteiger partial charge is 0.481 e. The summed E-state index contributed by atoms with van der Waals surface area (Å²) in [5, 5.41) is 10.3. The van der Waals surface area contributed by atoms with Gasteiger partial charge in [0, 0.05) is 18.0 Å². The first-order chi connectivity index (χ1) is 9.03. The molecule has 0 radical (unpaired) electrons. The second-order valence-electron chi connectivity index (χ2n) is 5.30. The van der Waals surface area contributed by atoms with E-state index in [0.717, 1.165) is 17.6 Å². The van der Waals surface area contributed by atoms with Gasteiger partial charge in [0.1, 0.15) is 5.60 Å². The van der Waals surface area contributed by atoms with E-state index in [2.05, 4.69) is 16.7 Å². The number of rotatable bonds is 2. The molecular formula is C15H17NO3. The van der Waals surface area contributed by atoms with Crippen molar-refractivity contribution in [1.82, 2.24) is 4.57 Å². The van der Waals surface area contributed by atoms with Gasteiger partial charge in [0.2, 0.25) is 0 Å². The van der Waals surface area contributed by atoms with Gasteiger partial charge in [-0.05, 0) is 25.0 Å². The molecule has 0 spiro atoms. The van der Waals surface area contributed by atoms with Gasteiger partial charge in [-0.3, -0.25) is 4.79 Å². The van der Waals surface area contributed by atoms with Crippen molar-refractivity contribution < 1.29 is 14.6 Å². The maximum absolute atomic E-state index is 11.1. The van der Waals surface area contributed by atoms with Gasteiger partial charge >= 0.3 is 5.97 Å². The Labute approximate surface area is 111 Å². The predicted molar refractivity (Wildman–Crippen MR) is 72.2 cm³/mol. The van der Waals surface area contributed by atoms with Crippen molar-refractivity contribution in [3.63, 3.8) is 0 Å². The van der Waals surface area contributed by atoms with Gasteiger partial charge in [-0.25, -0.2) is 0 Å². The lowest BCUT2D eigenvalue weighted by atomic mass is 9.90. The lowest BCUT2D eigenvalue weighted by molar-refractivity contribution is -0.146. The van der Waals surface area contributed by atoms with Crippen LogP contribution in [-0.2, 0) is 28.6 Å². The number of ether oxygens (including phenoxy) is 1. The third-order valence-electron chi connectivity index (χ3n) is 3.97. The maximum Gasteiger partial charge on any atom is 0.306 e. The Morgan fingerprint density at radius 3 is 2.95 bits per heavy atom. The highest BCUT2D eigenvalue weighted by Gasteiger charge is 2.39. The fourth-order valence-corrected chi connectivity index (χ4v) is 3.27. The zero-order valence-electron chi connectivity index (χ0n) is 11.1. The molecule has 1 aliphatic rings. The molecule has 4 heteroatoms. The van der Waals surface area contributed by atoms with E-state index in [1.807, 2.05) is 26.1 Å². The van der Waals surface area contributed by atoms with Crippen LogP contribution in [0.4, 0.5) is 0 Å². The molecule has 1 N–H and O–H groups in total. The first-order valence-corrected chi connectivity index (χ1v) is 6.45. The lowest BCUT2D eigenvalue weighted by Crippen LogP contribution is -2.36. The van der Waals surface area contributed by atoms with Crippen molar-refractivity contribution in [3.8, 4) is 0 Å². The first kappa shape index (κ1) is 12.2. The summed E-state index contributed by atoms with van der Waals surface area (Å²) in [4.78, 5) is 11.1. The van der Waals surface area contributed by atoms with Crippen LogP contribution in [0.2, 0.25) is 0 Å². The van der Waals surface area contributed by atoms with E-state index in [4.69, 9.17) is 9.84 Å². The summed E-state index contributed by atoms with van der Waals surface area (Å²) in [5.41, 5.74) is 2.62. The molecule has 0 amide bonds. The van der Waals surface area contributed by atoms with Crippen LogP contribution in [0.15, 0.2) is 24.3 Å². The number of nitrogens with zero attached hydrogens (tertiary/aromatic N) is 1. The number of carboxylic acids is 1. The normalized spacial score (nSPS) is 22.4. The Balaban J connectivity index is 2.27. The highest BCUT2D eigenvalue weighted by atomic mass is 16.5. The van der Waals surface area contributed by atoms with Crippen molar-refractivity contribution in [2.45, 2.75) is 25.4 Å². The summed E-state index contributed by atoms with van der Waals surface area (Å²) >= 11 is 0. The van der Waals surface area contributed by atoms with Gasteiger partial charge in [0.25, 0.3) is 0 Å². The van der Waals surface area contributed by atoms with Crippen molar-refractivity contribution in [1.29, 1.82) is 0 Å². The summed E-state index contributed by atoms with van der Waals surface area (Å²) < 4.78 is 7.89. The molecule has 1 aromatic heterocycles. The Bertz CT molecular complexity index is 659. The molecule has 2 heterocycles. The van der Waals surface area contributed by atoms with Crippen molar-refractivity contribution in [3.05, 3.63) is 35.5 Å². The van der Waals surface area contributed by atoms with Gasteiger partial charge in [0.05, 0.1) is 18.7 Å². The molecule has 0 unspecified atom stereocenters. The predicted octanol–water partition coefficient (Wildman–Crippen LogP) is 2.44. The van der Waals surface area contributed by atoms with E-state index in [1.54, 1.807) is 0 Å². The van der Waals surface area contributed by atoms with Gasteiger partial charge in [-0.2, -0.15) is 0 Å². The fourth-order valence-electron chi connectivity index (χ4n) is 3.27. The van der Waals surface area contributed by atoms with Gasteiger partial charge in [-0.15, -0.1) is 0 Å². The quantitative estimate of drug-likeness (QED) is 0.901. The van der Waals surface area contributed by atoms with E-state index in [1.165, 1.54) is 10.9 Å². The van der Waals surface area contributed by atoms with Gasteiger partial charge in [0.15, 0.2) is 0 Å². The Kier molecular flexibility index (Phi) is 2.64. The summed E-state index contributed by atoms with van der Waals surface area (Å²) in [6.45, 7) is 2.45. The van der Waals surface area contributed by atoms with E-state index in [9.17, 15) is 4.79 Å². The molecule has 1 aliphatic heterocycles. The highest BCUT2D eigenvalue weighted by Crippen LogP contribution is 2.40. The number of aliphatic carboxylic acids is 1. The summed E-state index contributed by atoms with van der Waals surface area (Å²) in [5.74, 6) is -0.833. The molecule has 0 saturated heterocycles. The highest BCUT2D eigenvalue weighted by molar-refractivity contribution is 5.86. The second kappa shape index (κ2) is 4.10. The lowest BCUT2D eigenvalue weighted by Gasteiger charge is -2.34. The smallest absolute Gasteiger partial charge is 0.306 e. The Morgan fingerprint density at radius 2 is 2.21 bits per heavy atom. The molecule has 0 aliphatic carbocycles. The van der Waals surface area contributed by atoms with E-state index in [-0.39, 0.29) is 6.42 Å². The molecule has 1 aromatic carbocycles. The van der Waals surface area contributed by atoms with E-state index >= 15 is 0 Å². The molecule has 2 aromatic rings. The number of carbonyl (C=O) groups is 1. The maximum atomic E-state index is 11.1. The van der Waals surface area contributed by atoms with Crippen LogP contribution in [-0.4, -0.2) is 22.2 Å². The topological polar surface area (TPSA) is 51.5 Å². The summed E-state index contributed by atoms with van der Waals surface area (Å²) in [6.07, 6.45) is 0.829. The number of aromatic nitrogens is 1. The van der Waals surface area contributed by atoms with Crippen LogP contribution in [0, 0.1) is 0 Å². The molecule has 1 atom stereocenters. The molecule has 0 saturated carbocycles. The minimum absolute atomic E-state index is 0.00976. The number of hydrogen-bond acceptors (Lipinski definition) is 2. The molecule has 0 fully saturated rings. The second-order valence-corrected chi connectivity index (χ2v) is 5.30. The standard InChI is InChI=1S/C15H17NO3/c1-15(9-13(17)18)14-11(7-8-19-15)10-5-3-4-6-12(10)16(14)2/h3-6H,7-9H2,1-2H3,(H,17,18)/t15-/m0/s1. The number of carboxylic acid groups (broad SMARTS) is 1. The van der Waals surface area contributed by atoms with E-state index < -0.39 is 11.6 Å². The van der Waals surface area contributed by atoms with Crippen LogP contribution >= 0.6 is 0 Å². The monoisotopic (exact) mass is 259 g/mol. The third kappa shape index (κ3) is 1.75.